The molecule has 20 nitrogen and oxygen atoms in total. The van der Waals surface area contributed by atoms with Crippen LogP contribution in [0.15, 0.2) is 58.1 Å². The van der Waals surface area contributed by atoms with Gasteiger partial charge in [-0.1, -0.05) is 24.3 Å². The van der Waals surface area contributed by atoms with E-state index < -0.39 is 23.1 Å². The number of carbonyl (C=O) groups excluding carboxylic acids is 4. The molecule has 260 valence electrons. The second kappa shape index (κ2) is 16.7. The number of fused-ring (bicyclic) bond motifs is 2. The van der Waals surface area contributed by atoms with E-state index in [0.717, 1.165) is 0 Å². The maximum absolute atomic E-state index is 12.1. The summed E-state index contributed by atoms with van der Waals surface area (Å²) in [6.45, 7) is 1.40. The Kier molecular flexibility index (Phi) is 12.4. The quantitative estimate of drug-likeness (QED) is 0.0589. The average molecular weight is 727 g/mol. The maximum Gasteiger partial charge on any atom is 2.00 e. The van der Waals surface area contributed by atoms with Gasteiger partial charge >= 0.3 is 37.7 Å². The van der Waals surface area contributed by atoms with Crippen LogP contribution in [0.1, 0.15) is 20.7 Å². The minimum absolute atomic E-state index is 0. The van der Waals surface area contributed by atoms with Crippen LogP contribution in [0, 0.1) is 0 Å². The first-order valence-corrected chi connectivity index (χ1v) is 14.8. The van der Waals surface area contributed by atoms with Gasteiger partial charge in [0, 0.05) is 37.6 Å². The van der Waals surface area contributed by atoms with E-state index in [1.165, 1.54) is 34.1 Å². The molecule has 2 aromatic heterocycles. The summed E-state index contributed by atoms with van der Waals surface area (Å²) in [6.07, 6.45) is 1.14. The van der Waals surface area contributed by atoms with E-state index in [9.17, 15) is 39.0 Å². The number of nitrogens with two attached hydrogens (primary N) is 2. The van der Waals surface area contributed by atoms with E-state index in [0.29, 0.717) is 50.4 Å². The topological polar surface area (TPSA) is 313 Å². The van der Waals surface area contributed by atoms with Crippen molar-refractivity contribution in [3.63, 3.8) is 0 Å². The molecule has 6 rings (SSSR count). The van der Waals surface area contributed by atoms with Crippen LogP contribution in [0.3, 0.4) is 0 Å². The first-order chi connectivity index (χ1) is 24.0. The minimum Gasteiger partial charge on any atom is -0.545 e. The number of aromatic carboxylic acids is 2. The summed E-state index contributed by atoms with van der Waals surface area (Å²) < 4.78 is 0. The number of aromatic nitrogens is 4. The molecule has 2 aromatic carbocycles. The van der Waals surface area contributed by atoms with Crippen molar-refractivity contribution in [1.29, 1.82) is 0 Å². The number of nitrogens with one attached hydrogen (secondary N) is 6. The maximum atomic E-state index is 12.1. The van der Waals surface area contributed by atoms with Gasteiger partial charge in [-0.25, -0.2) is 0 Å². The molecular formula is C30H30CaN12O8. The number of hydrogen-bond donors (Lipinski definition) is 8. The molecule has 4 aromatic rings. The summed E-state index contributed by atoms with van der Waals surface area (Å²) in [5, 5.41) is 33.6. The van der Waals surface area contributed by atoms with E-state index in [2.05, 4.69) is 41.2 Å². The fourth-order valence-electron chi connectivity index (χ4n) is 5.22. The van der Waals surface area contributed by atoms with E-state index in [1.807, 2.05) is 0 Å². The number of nitrogen functional groups attached to an aromatic ring is 2. The van der Waals surface area contributed by atoms with Gasteiger partial charge in [0.1, 0.15) is 0 Å². The van der Waals surface area contributed by atoms with Crippen molar-refractivity contribution in [3.05, 3.63) is 80.4 Å². The summed E-state index contributed by atoms with van der Waals surface area (Å²) in [4.78, 5) is 83.9. The third kappa shape index (κ3) is 8.84. The van der Waals surface area contributed by atoms with Crippen LogP contribution in [0.25, 0.3) is 0 Å². The summed E-state index contributed by atoms with van der Waals surface area (Å²) >= 11 is 0. The number of aromatic amines is 2. The molecule has 0 spiro atoms. The Morgan fingerprint density at radius 1 is 0.725 bits per heavy atom. The molecule has 2 amide bonds. The van der Waals surface area contributed by atoms with Crippen molar-refractivity contribution in [3.8, 4) is 0 Å². The van der Waals surface area contributed by atoms with Crippen LogP contribution in [-0.2, 0) is 9.59 Å². The number of carboxylic acid groups (broad SMARTS) is 2. The Morgan fingerprint density at radius 2 is 1.08 bits per heavy atom. The monoisotopic (exact) mass is 726 g/mol. The molecule has 2 aliphatic heterocycles. The van der Waals surface area contributed by atoms with Crippen LogP contribution >= 0.6 is 0 Å². The van der Waals surface area contributed by atoms with Crippen LogP contribution in [0.4, 0.5) is 46.3 Å². The molecule has 10 N–H and O–H groups in total. The average Bonchev–Trinajstić information content (AvgIpc) is 3.09. The van der Waals surface area contributed by atoms with Crippen LogP contribution < -0.4 is 63.9 Å². The molecule has 0 fully saturated rings. The Bertz CT molecular complexity index is 1880. The third-order valence-corrected chi connectivity index (χ3v) is 7.69. The van der Waals surface area contributed by atoms with Gasteiger partial charge in [0.05, 0.1) is 24.0 Å². The second-order valence-electron chi connectivity index (χ2n) is 10.9. The normalized spacial score (nSPS) is 15.5. The van der Waals surface area contributed by atoms with Gasteiger partial charge < -0.3 is 62.3 Å². The Balaban J connectivity index is 0.000000224. The number of carboxylic acids is 2. The molecule has 0 saturated carbocycles. The molecule has 51 heavy (non-hydrogen) atoms. The van der Waals surface area contributed by atoms with Crippen LogP contribution in [0.2, 0.25) is 0 Å². The van der Waals surface area contributed by atoms with Gasteiger partial charge in [-0.3, -0.25) is 29.1 Å². The van der Waals surface area contributed by atoms with Gasteiger partial charge in [-0.05, 0) is 35.4 Å². The van der Waals surface area contributed by atoms with Crippen molar-refractivity contribution in [2.24, 2.45) is 0 Å². The number of H-pyrrole nitrogens is 2. The molecule has 0 radical (unpaired) electrons. The summed E-state index contributed by atoms with van der Waals surface area (Å²) in [5.41, 5.74) is 11.7. The van der Waals surface area contributed by atoms with Crippen molar-refractivity contribution in [2.75, 3.05) is 68.7 Å². The number of nitrogens with zero attached hydrogens (tertiary/aromatic N) is 4. The van der Waals surface area contributed by atoms with Crippen molar-refractivity contribution in [1.82, 2.24) is 19.9 Å². The second-order valence-corrected chi connectivity index (χ2v) is 10.9. The zero-order chi connectivity index (χ0) is 35.9. The van der Waals surface area contributed by atoms with Gasteiger partial charge in [0.15, 0.2) is 23.0 Å². The van der Waals surface area contributed by atoms with E-state index in [-0.39, 0.29) is 95.9 Å². The Labute approximate surface area is 317 Å². The van der Waals surface area contributed by atoms with Crippen LogP contribution in [-0.4, -0.2) is 121 Å². The largest absolute Gasteiger partial charge is 2.00 e. The van der Waals surface area contributed by atoms with E-state index >= 15 is 0 Å². The number of rotatable bonds is 10. The molecule has 21 heteroatoms. The minimum atomic E-state index is -1.25. The summed E-state index contributed by atoms with van der Waals surface area (Å²) in [5.74, 6) is -2.07. The van der Waals surface area contributed by atoms with Crippen molar-refractivity contribution in [2.45, 2.75) is 12.1 Å². The zero-order valence-corrected chi connectivity index (χ0v) is 28.9. The number of hydrogen-bond acceptors (Lipinski definition) is 16. The number of anilines is 8. The van der Waals surface area contributed by atoms with E-state index in [4.69, 9.17) is 11.5 Å². The standard InChI is InChI=1S/2C15H16N6O4.Ca/c2*16-15-19-12-11(13(23)20-15)21(7-22)10(6-18-12)5-17-9-3-1-8(2-4-9)14(24)25;/h2*1-4,7,10,17H,5-6H2,(H,24,25)(H4,16,18,19,20,23);/q;;+2/p-2. The zero-order valence-electron chi connectivity index (χ0n) is 26.7. The molecular weight excluding hydrogens is 696 g/mol. The molecule has 0 aliphatic carbocycles. The van der Waals surface area contributed by atoms with Gasteiger partial charge in [-0.2, -0.15) is 9.97 Å². The smallest absolute Gasteiger partial charge is 0.545 e. The molecule has 2 aliphatic rings. The third-order valence-electron chi connectivity index (χ3n) is 7.69. The number of carbonyl (C=O) groups is 4. The molecule has 0 saturated heterocycles. The first kappa shape index (κ1) is 37.9. The van der Waals surface area contributed by atoms with E-state index in [1.54, 1.807) is 24.3 Å². The first-order valence-electron chi connectivity index (χ1n) is 14.8. The molecule has 2 unspecified atom stereocenters. The SMILES string of the molecule is Nc1nc2c(c(=O)[nH]1)N(C=O)C(CNc1ccc(C(=O)[O-])cc1)CN2.Nc1nc2c(c(=O)[nH]1)N(C=O)C(CNc1ccc(C(=O)[O-])cc1)CN2.[Ca+2]. The summed E-state index contributed by atoms with van der Waals surface area (Å²) in [6, 6.07) is 11.3. The van der Waals surface area contributed by atoms with Crippen LogP contribution in [0.5, 0.6) is 0 Å². The molecule has 4 heterocycles. The number of amides is 2. The van der Waals surface area contributed by atoms with Crippen molar-refractivity contribution >= 4 is 109 Å². The predicted octanol–water partition coefficient (Wildman–Crippen LogP) is -3.21. The fraction of sp³-hybridized carbons (Fsp3) is 0.200. The van der Waals surface area contributed by atoms with Gasteiger partial charge in [-0.15, -0.1) is 0 Å². The summed E-state index contributed by atoms with van der Waals surface area (Å²) in [7, 11) is 0. The molecule has 2 atom stereocenters. The Hall–Kier alpha value is -5.86. The Morgan fingerprint density at radius 3 is 1.39 bits per heavy atom. The fourth-order valence-corrected chi connectivity index (χ4v) is 5.22. The number of benzene rings is 2. The predicted molar refractivity (Wildman–Crippen MR) is 184 cm³/mol. The molecule has 0 bridgehead atoms. The van der Waals surface area contributed by atoms with Crippen molar-refractivity contribution < 1.29 is 29.4 Å². The van der Waals surface area contributed by atoms with Gasteiger partial charge in [0.25, 0.3) is 11.1 Å². The van der Waals surface area contributed by atoms with Gasteiger partial charge in [0.2, 0.25) is 24.7 Å².